The minimum atomic E-state index is -3.52. The molecule has 0 rings (SSSR count). The Hall–Kier alpha value is -0.730. The Kier molecular flexibility index (Phi) is 7.24. The van der Waals surface area contributed by atoms with Crippen LogP contribution in [0.25, 0.3) is 0 Å². The van der Waals surface area contributed by atoms with E-state index in [9.17, 15) is 13.2 Å². The zero-order valence-electron chi connectivity index (χ0n) is 10.0. The Morgan fingerprint density at radius 3 is 2.41 bits per heavy atom. The van der Waals surface area contributed by atoms with E-state index in [2.05, 4.69) is 17.0 Å². The summed E-state index contributed by atoms with van der Waals surface area (Å²) in [5.41, 5.74) is 5.30. The zero-order valence-corrected chi connectivity index (χ0v) is 11.6. The lowest BCUT2D eigenvalue weighted by molar-refractivity contribution is -0.142. The minimum absolute atomic E-state index is 0.00298. The van der Waals surface area contributed by atoms with Gasteiger partial charge in [0.15, 0.2) is 0 Å². The highest BCUT2D eigenvalue weighted by Crippen LogP contribution is 2.04. The number of nitrogens with zero attached hydrogens (tertiary/aromatic N) is 1. The molecule has 6 nitrogen and oxygen atoms in total. The molecule has 0 heterocycles. The van der Waals surface area contributed by atoms with Gasteiger partial charge in [-0.1, -0.05) is 19.1 Å². The number of carbonyl (C=O) groups excluding carboxylic acids is 1. The number of sulfonamides is 1. The molecule has 0 bridgehead atoms. The van der Waals surface area contributed by atoms with Crippen molar-refractivity contribution in [2.75, 3.05) is 25.4 Å². The summed E-state index contributed by atoms with van der Waals surface area (Å²) in [6.07, 6.45) is -0.163. The van der Waals surface area contributed by atoms with E-state index < -0.39 is 16.0 Å². The van der Waals surface area contributed by atoms with Gasteiger partial charge in [-0.15, -0.1) is 0 Å². The molecule has 0 unspecified atom stereocenters. The summed E-state index contributed by atoms with van der Waals surface area (Å²) in [5.74, 6) is -0.815. The third kappa shape index (κ3) is 6.54. The first-order chi connectivity index (χ1) is 7.83. The molecular weight excluding hydrogens is 264 g/mol. The summed E-state index contributed by atoms with van der Waals surface area (Å²) in [4.78, 5) is 11.2. The van der Waals surface area contributed by atoms with Gasteiger partial charge < -0.3 is 10.5 Å². The second-order valence-electron chi connectivity index (χ2n) is 3.26. The lowest BCUT2D eigenvalue weighted by Crippen LogP contribution is -2.39. The highest BCUT2D eigenvalue weighted by Gasteiger charge is 2.22. The molecule has 0 fully saturated rings. The third-order valence-corrected chi connectivity index (χ3v) is 3.97. The number of hydrogen-bond acceptors (Lipinski definition) is 5. The van der Waals surface area contributed by atoms with Gasteiger partial charge in [0, 0.05) is 6.54 Å². The lowest BCUT2D eigenvalue weighted by Gasteiger charge is -2.19. The SMILES string of the molecule is CCOC(=O)CCS(=O)(=O)N(CC)CC(N)=S. The number of hydrogen-bond donors (Lipinski definition) is 1. The van der Waals surface area contributed by atoms with Crippen LogP contribution in [0, 0.1) is 0 Å². The molecule has 0 aliphatic rings. The average Bonchev–Trinajstić information content (AvgIpc) is 2.23. The Labute approximate surface area is 107 Å². The van der Waals surface area contributed by atoms with Crippen molar-refractivity contribution in [3.8, 4) is 0 Å². The molecule has 0 saturated carbocycles. The van der Waals surface area contributed by atoms with Crippen LogP contribution in [0.15, 0.2) is 0 Å². The number of likely N-dealkylation sites (N-methyl/N-ethyl adjacent to an activating group) is 1. The standard InChI is InChI=1S/C9H18N2O4S2/c1-3-11(7-8(10)16)17(13,14)6-5-9(12)15-4-2/h3-7H2,1-2H3,(H2,10,16). The van der Waals surface area contributed by atoms with Gasteiger partial charge >= 0.3 is 5.97 Å². The molecule has 8 heteroatoms. The van der Waals surface area contributed by atoms with Gasteiger partial charge in [-0.05, 0) is 6.92 Å². The van der Waals surface area contributed by atoms with E-state index in [1.807, 2.05) is 0 Å². The number of rotatable bonds is 8. The molecular formula is C9H18N2O4S2. The molecule has 2 N–H and O–H groups in total. The van der Waals surface area contributed by atoms with Crippen LogP contribution in [0.3, 0.4) is 0 Å². The second-order valence-corrected chi connectivity index (χ2v) is 5.88. The molecule has 0 aliphatic carbocycles. The van der Waals surface area contributed by atoms with Crippen LogP contribution in [0.1, 0.15) is 20.3 Å². The summed E-state index contributed by atoms with van der Waals surface area (Å²) >= 11 is 4.66. The molecule has 0 aromatic carbocycles. The first-order valence-corrected chi connectivity index (χ1v) is 7.27. The van der Waals surface area contributed by atoms with E-state index in [1.165, 1.54) is 0 Å². The molecule has 0 spiro atoms. The maximum atomic E-state index is 11.8. The van der Waals surface area contributed by atoms with E-state index in [0.29, 0.717) is 0 Å². The van der Waals surface area contributed by atoms with E-state index in [4.69, 9.17) is 5.73 Å². The summed E-state index contributed by atoms with van der Waals surface area (Å²) in [6, 6.07) is 0. The highest BCUT2D eigenvalue weighted by atomic mass is 32.2. The van der Waals surface area contributed by atoms with E-state index in [1.54, 1.807) is 13.8 Å². The fourth-order valence-electron chi connectivity index (χ4n) is 1.16. The van der Waals surface area contributed by atoms with E-state index >= 15 is 0 Å². The van der Waals surface area contributed by atoms with Crippen LogP contribution in [0.5, 0.6) is 0 Å². The van der Waals surface area contributed by atoms with Gasteiger partial charge in [0.25, 0.3) is 0 Å². The van der Waals surface area contributed by atoms with Crippen molar-refractivity contribution in [1.82, 2.24) is 4.31 Å². The summed E-state index contributed by atoms with van der Waals surface area (Å²) in [7, 11) is -3.52. The van der Waals surface area contributed by atoms with Crippen LogP contribution >= 0.6 is 12.2 Å². The summed E-state index contributed by atoms with van der Waals surface area (Å²) < 4.78 is 29.4. The minimum Gasteiger partial charge on any atom is -0.466 e. The van der Waals surface area contributed by atoms with Crippen molar-refractivity contribution < 1.29 is 17.9 Å². The average molecular weight is 282 g/mol. The lowest BCUT2D eigenvalue weighted by atomic mass is 10.5. The van der Waals surface area contributed by atoms with Crippen LogP contribution in [0.4, 0.5) is 0 Å². The number of nitrogens with two attached hydrogens (primary N) is 1. The van der Waals surface area contributed by atoms with Gasteiger partial charge in [-0.2, -0.15) is 4.31 Å². The molecule has 17 heavy (non-hydrogen) atoms. The van der Waals surface area contributed by atoms with Crippen LogP contribution in [0.2, 0.25) is 0 Å². The van der Waals surface area contributed by atoms with Crippen LogP contribution in [-0.4, -0.2) is 49.1 Å². The molecule has 0 radical (unpaired) electrons. The monoisotopic (exact) mass is 282 g/mol. The fourth-order valence-corrected chi connectivity index (χ4v) is 2.80. The fraction of sp³-hybridized carbons (Fsp3) is 0.778. The number of esters is 1. The molecule has 0 amide bonds. The van der Waals surface area contributed by atoms with E-state index in [-0.39, 0.29) is 36.9 Å². The maximum Gasteiger partial charge on any atom is 0.306 e. The predicted octanol–water partition coefficient (Wildman–Crippen LogP) is -0.123. The topological polar surface area (TPSA) is 89.7 Å². The van der Waals surface area contributed by atoms with Crippen molar-refractivity contribution >= 4 is 33.2 Å². The van der Waals surface area contributed by atoms with Gasteiger partial charge in [0.1, 0.15) is 0 Å². The van der Waals surface area contributed by atoms with Gasteiger partial charge in [-0.3, -0.25) is 4.79 Å². The molecule has 0 aliphatic heterocycles. The quantitative estimate of drug-likeness (QED) is 0.493. The molecule has 0 aromatic rings. The number of ether oxygens (including phenoxy) is 1. The molecule has 0 atom stereocenters. The summed E-state index contributed by atoms with van der Waals surface area (Å²) in [5, 5.41) is 0. The van der Waals surface area contributed by atoms with E-state index in [0.717, 1.165) is 4.31 Å². The zero-order chi connectivity index (χ0) is 13.5. The van der Waals surface area contributed by atoms with Crippen molar-refractivity contribution in [2.24, 2.45) is 5.73 Å². The summed E-state index contributed by atoms with van der Waals surface area (Å²) in [6.45, 7) is 3.85. The smallest absolute Gasteiger partial charge is 0.306 e. The largest absolute Gasteiger partial charge is 0.466 e. The normalized spacial score (nSPS) is 11.5. The van der Waals surface area contributed by atoms with Crippen molar-refractivity contribution in [3.05, 3.63) is 0 Å². The highest BCUT2D eigenvalue weighted by molar-refractivity contribution is 7.89. The Balaban J connectivity index is 4.44. The molecule has 100 valence electrons. The van der Waals surface area contributed by atoms with Crippen LogP contribution in [-0.2, 0) is 19.6 Å². The van der Waals surface area contributed by atoms with Gasteiger partial charge in [0.05, 0.1) is 30.3 Å². The number of thiocarbonyl (C=S) groups is 1. The predicted molar refractivity (Wildman–Crippen MR) is 69.1 cm³/mol. The second kappa shape index (κ2) is 7.57. The number of carbonyl (C=O) groups is 1. The Bertz CT molecular complexity index is 367. The molecule has 0 saturated heterocycles. The van der Waals surface area contributed by atoms with Gasteiger partial charge in [0.2, 0.25) is 10.0 Å². The first-order valence-electron chi connectivity index (χ1n) is 5.25. The van der Waals surface area contributed by atoms with Crippen molar-refractivity contribution in [3.63, 3.8) is 0 Å². The van der Waals surface area contributed by atoms with Gasteiger partial charge in [-0.25, -0.2) is 8.42 Å². The Morgan fingerprint density at radius 2 is 2.00 bits per heavy atom. The van der Waals surface area contributed by atoms with Crippen molar-refractivity contribution in [2.45, 2.75) is 20.3 Å². The Morgan fingerprint density at radius 1 is 1.41 bits per heavy atom. The van der Waals surface area contributed by atoms with Crippen LogP contribution < -0.4 is 5.73 Å². The maximum absolute atomic E-state index is 11.8. The molecule has 0 aromatic heterocycles. The third-order valence-electron chi connectivity index (χ3n) is 1.95. The first kappa shape index (κ1) is 16.3. The van der Waals surface area contributed by atoms with Crippen molar-refractivity contribution in [1.29, 1.82) is 0 Å².